The molecule has 0 spiro atoms. The van der Waals surface area contributed by atoms with Crippen LogP contribution in [0.2, 0.25) is 0 Å². The van der Waals surface area contributed by atoms with Gasteiger partial charge in [0.15, 0.2) is 0 Å². The van der Waals surface area contributed by atoms with Gasteiger partial charge in [-0.25, -0.2) is 9.97 Å². The van der Waals surface area contributed by atoms with Gasteiger partial charge >= 0.3 is 0 Å². The van der Waals surface area contributed by atoms with Crippen LogP contribution in [0.3, 0.4) is 0 Å². The highest BCUT2D eigenvalue weighted by molar-refractivity contribution is 7.13. The maximum Gasteiger partial charge on any atom is 0.258 e. The molecule has 4 heterocycles. The van der Waals surface area contributed by atoms with E-state index in [2.05, 4.69) is 15.0 Å². The van der Waals surface area contributed by atoms with Crippen molar-refractivity contribution in [3.8, 4) is 10.8 Å². The fraction of sp³-hybridized carbons (Fsp3) is 0.333. The Morgan fingerprint density at radius 3 is 2.91 bits per heavy atom. The lowest BCUT2D eigenvalue weighted by atomic mass is 10.2. The minimum Gasteiger partial charge on any atom is -0.440 e. The topological polar surface area (TPSA) is 101 Å². The number of hydrogen-bond donors (Lipinski definition) is 1. The number of H-pyrrole nitrogens is 1. The maximum absolute atomic E-state index is 13.4. The van der Waals surface area contributed by atoms with Gasteiger partial charge in [0.25, 0.3) is 5.56 Å². The van der Waals surface area contributed by atoms with Gasteiger partial charge in [-0.1, -0.05) is 18.2 Å². The van der Waals surface area contributed by atoms with Crippen LogP contribution in [0.25, 0.3) is 21.7 Å². The number of nitrogens with zero attached hydrogens (tertiary/aromatic N) is 3. The van der Waals surface area contributed by atoms with E-state index in [1.807, 2.05) is 30.5 Å². The van der Waals surface area contributed by atoms with E-state index in [1.54, 1.807) is 23.1 Å². The fourth-order valence-electron chi connectivity index (χ4n) is 4.03. The highest BCUT2D eigenvalue weighted by Gasteiger charge is 2.25. The van der Waals surface area contributed by atoms with Gasteiger partial charge in [-0.15, -0.1) is 11.3 Å². The van der Waals surface area contributed by atoms with Crippen molar-refractivity contribution >= 4 is 28.1 Å². The summed E-state index contributed by atoms with van der Waals surface area (Å²) in [6.07, 6.45) is 1.95. The van der Waals surface area contributed by atoms with Crippen LogP contribution in [-0.4, -0.2) is 45.0 Å². The third-order valence-corrected chi connectivity index (χ3v) is 6.60. The van der Waals surface area contributed by atoms with Gasteiger partial charge in [-0.2, -0.15) is 0 Å². The van der Waals surface area contributed by atoms with Crippen LogP contribution in [0.15, 0.2) is 51.0 Å². The number of ether oxygens (including phenoxy) is 1. The Kier molecular flexibility index (Phi) is 6.06. The molecular weight excluding hydrogens is 440 g/mol. The molecule has 1 saturated heterocycles. The zero-order chi connectivity index (χ0) is 22.8. The van der Waals surface area contributed by atoms with E-state index >= 15 is 0 Å². The summed E-state index contributed by atoms with van der Waals surface area (Å²) in [7, 11) is 0. The van der Waals surface area contributed by atoms with Gasteiger partial charge in [0.1, 0.15) is 11.6 Å². The van der Waals surface area contributed by atoms with Gasteiger partial charge < -0.3 is 19.0 Å². The van der Waals surface area contributed by atoms with Crippen molar-refractivity contribution in [2.24, 2.45) is 0 Å². The first-order chi connectivity index (χ1) is 16.1. The summed E-state index contributed by atoms with van der Waals surface area (Å²) >= 11 is 1.54. The van der Waals surface area contributed by atoms with Gasteiger partial charge in [-0.3, -0.25) is 9.59 Å². The molecule has 8 nitrogen and oxygen atoms in total. The standard InChI is InChI=1S/C24H24N4O4S/c1-15-19(26-24(32-15)20-9-5-11-33-20)12-22(29)28(13-16-6-4-10-31-16)14-21-25-18-8-3-2-7-17(18)23(30)27-21/h2-3,5,7-9,11,16H,4,6,10,12-14H2,1H3,(H,25,27,30). The minimum absolute atomic E-state index is 0.0267. The molecule has 1 N–H and O–H groups in total. The molecule has 1 fully saturated rings. The number of amides is 1. The molecule has 3 aromatic heterocycles. The Bertz CT molecular complexity index is 1320. The molecule has 1 unspecified atom stereocenters. The van der Waals surface area contributed by atoms with Crippen LogP contribution in [0.1, 0.15) is 30.1 Å². The molecule has 33 heavy (non-hydrogen) atoms. The second-order valence-electron chi connectivity index (χ2n) is 8.12. The minimum atomic E-state index is -0.215. The summed E-state index contributed by atoms with van der Waals surface area (Å²) in [5, 5.41) is 2.48. The number of benzene rings is 1. The van der Waals surface area contributed by atoms with E-state index in [1.165, 1.54) is 11.3 Å². The molecule has 0 radical (unpaired) electrons. The van der Waals surface area contributed by atoms with Gasteiger partial charge in [0, 0.05) is 13.2 Å². The van der Waals surface area contributed by atoms with Gasteiger partial charge in [0.2, 0.25) is 11.8 Å². The van der Waals surface area contributed by atoms with E-state index in [4.69, 9.17) is 9.15 Å². The number of carbonyl (C=O) groups excluding carboxylic acids is 1. The highest BCUT2D eigenvalue weighted by Crippen LogP contribution is 2.26. The van der Waals surface area contributed by atoms with E-state index in [0.717, 1.165) is 17.7 Å². The number of aryl methyl sites for hydroxylation is 1. The van der Waals surface area contributed by atoms with Gasteiger partial charge in [0.05, 0.1) is 40.5 Å². The lowest BCUT2D eigenvalue weighted by Gasteiger charge is -2.25. The van der Waals surface area contributed by atoms with Crippen LogP contribution in [0.4, 0.5) is 0 Å². The Morgan fingerprint density at radius 1 is 1.24 bits per heavy atom. The first kappa shape index (κ1) is 21.5. The smallest absolute Gasteiger partial charge is 0.258 e. The van der Waals surface area contributed by atoms with Crippen molar-refractivity contribution in [3.63, 3.8) is 0 Å². The monoisotopic (exact) mass is 464 g/mol. The fourth-order valence-corrected chi connectivity index (χ4v) is 4.68. The zero-order valence-electron chi connectivity index (χ0n) is 18.2. The number of nitrogens with one attached hydrogen (secondary N) is 1. The Morgan fingerprint density at radius 2 is 2.12 bits per heavy atom. The van der Waals surface area contributed by atoms with Crippen molar-refractivity contribution in [2.75, 3.05) is 13.2 Å². The number of oxazole rings is 1. The molecule has 5 rings (SSSR count). The molecule has 1 atom stereocenters. The van der Waals surface area contributed by atoms with Crippen LogP contribution in [0.5, 0.6) is 0 Å². The first-order valence-electron chi connectivity index (χ1n) is 10.9. The molecule has 1 aromatic carbocycles. The molecule has 170 valence electrons. The van der Waals surface area contributed by atoms with Gasteiger partial charge in [-0.05, 0) is 43.3 Å². The Labute approximate surface area is 194 Å². The lowest BCUT2D eigenvalue weighted by Crippen LogP contribution is -2.38. The SMILES string of the molecule is Cc1oc(-c2cccs2)nc1CC(=O)N(Cc1nc2ccccc2c(=O)[nH]1)CC1CCCO1. The van der Waals surface area contributed by atoms with Crippen LogP contribution >= 0.6 is 11.3 Å². The molecule has 1 amide bonds. The largest absolute Gasteiger partial charge is 0.440 e. The normalized spacial score (nSPS) is 15.8. The molecule has 0 bridgehead atoms. The number of fused-ring (bicyclic) bond motifs is 1. The van der Waals surface area contributed by atoms with Crippen molar-refractivity contribution in [2.45, 2.75) is 38.8 Å². The third kappa shape index (κ3) is 4.74. The average Bonchev–Trinajstić information content (AvgIpc) is 3.57. The van der Waals surface area contributed by atoms with Crippen LogP contribution in [0, 0.1) is 6.92 Å². The summed E-state index contributed by atoms with van der Waals surface area (Å²) in [5.74, 6) is 1.48. The lowest BCUT2D eigenvalue weighted by molar-refractivity contribution is -0.132. The van der Waals surface area contributed by atoms with E-state index < -0.39 is 0 Å². The number of para-hydroxylation sites is 1. The second-order valence-corrected chi connectivity index (χ2v) is 9.06. The Balaban J connectivity index is 1.39. The Hall–Kier alpha value is -3.30. The molecule has 1 aliphatic heterocycles. The molecule has 0 aliphatic carbocycles. The summed E-state index contributed by atoms with van der Waals surface area (Å²) < 4.78 is 11.6. The first-order valence-corrected chi connectivity index (χ1v) is 11.8. The van der Waals surface area contributed by atoms with E-state index in [9.17, 15) is 9.59 Å². The third-order valence-electron chi connectivity index (χ3n) is 5.75. The van der Waals surface area contributed by atoms with Crippen molar-refractivity contribution in [1.82, 2.24) is 19.9 Å². The predicted octanol–water partition coefficient (Wildman–Crippen LogP) is 3.70. The van der Waals surface area contributed by atoms with Crippen LogP contribution in [-0.2, 0) is 22.5 Å². The van der Waals surface area contributed by atoms with E-state index in [0.29, 0.717) is 47.2 Å². The average molecular weight is 465 g/mol. The van der Waals surface area contributed by atoms with Crippen molar-refractivity contribution < 1.29 is 13.9 Å². The predicted molar refractivity (Wildman–Crippen MR) is 125 cm³/mol. The van der Waals surface area contributed by atoms with Crippen LogP contribution < -0.4 is 5.56 Å². The number of hydrogen-bond acceptors (Lipinski definition) is 7. The number of carbonyl (C=O) groups is 1. The number of thiophene rings is 1. The molecule has 0 saturated carbocycles. The molecule has 4 aromatic rings. The second kappa shape index (κ2) is 9.29. The number of aromatic nitrogens is 3. The quantitative estimate of drug-likeness (QED) is 0.448. The van der Waals surface area contributed by atoms with Crippen molar-refractivity contribution in [1.29, 1.82) is 0 Å². The molecular formula is C24H24N4O4S. The highest BCUT2D eigenvalue weighted by atomic mass is 32.1. The molecule has 9 heteroatoms. The number of rotatable bonds is 7. The summed E-state index contributed by atoms with van der Waals surface area (Å²) in [6.45, 7) is 3.14. The van der Waals surface area contributed by atoms with Crippen molar-refractivity contribution in [3.05, 3.63) is 69.4 Å². The molecule has 1 aliphatic rings. The summed E-state index contributed by atoms with van der Waals surface area (Å²) in [5.41, 5.74) is 1.00. The summed E-state index contributed by atoms with van der Waals surface area (Å²) in [6, 6.07) is 11.0. The zero-order valence-corrected chi connectivity index (χ0v) is 19.1. The van der Waals surface area contributed by atoms with E-state index in [-0.39, 0.29) is 30.5 Å². The maximum atomic E-state index is 13.4. The number of aromatic amines is 1. The summed E-state index contributed by atoms with van der Waals surface area (Å²) in [4.78, 5) is 40.4.